The summed E-state index contributed by atoms with van der Waals surface area (Å²) in [5, 5.41) is 15.0. The number of carbonyl (C=O) groups excluding carboxylic acids is 1. The minimum absolute atomic E-state index is 0.339. The van der Waals surface area contributed by atoms with E-state index in [9.17, 15) is 4.79 Å². The third-order valence-corrected chi connectivity index (χ3v) is 2.42. The van der Waals surface area contributed by atoms with Gasteiger partial charge in [0.2, 0.25) is 6.23 Å². The summed E-state index contributed by atoms with van der Waals surface area (Å²) in [6, 6.07) is 1.82. The van der Waals surface area contributed by atoms with Crippen LogP contribution in [-0.4, -0.2) is 32.1 Å². The summed E-state index contributed by atoms with van der Waals surface area (Å²) in [4.78, 5) is 16.6. The lowest BCUT2D eigenvalue weighted by molar-refractivity contribution is -0.119. The van der Waals surface area contributed by atoms with Gasteiger partial charge < -0.3 is 14.9 Å². The van der Waals surface area contributed by atoms with Crippen molar-refractivity contribution in [2.45, 2.75) is 19.6 Å². The molecule has 0 saturated carbocycles. The van der Waals surface area contributed by atoms with Crippen molar-refractivity contribution >= 4 is 11.6 Å². The molecule has 6 heteroatoms. The molecule has 0 aliphatic heterocycles. The number of allylic oxidation sites excluding steroid dienone is 2. The Labute approximate surface area is 106 Å². The van der Waals surface area contributed by atoms with Gasteiger partial charge in [0.05, 0.1) is 5.71 Å². The number of nitrogens with zero attached hydrogens (tertiary/aromatic N) is 2. The lowest BCUT2D eigenvalue weighted by Crippen LogP contribution is -2.36. The molecule has 1 aliphatic rings. The highest BCUT2D eigenvalue weighted by Crippen LogP contribution is 2.17. The predicted molar refractivity (Wildman–Crippen MR) is 65.5 cm³/mol. The first-order valence-corrected chi connectivity index (χ1v) is 5.33. The fraction of sp³-hybridized carbons (Fsp3) is 0.417. The fourth-order valence-corrected chi connectivity index (χ4v) is 1.54. The van der Waals surface area contributed by atoms with Crippen LogP contribution in [0.3, 0.4) is 0 Å². The van der Waals surface area contributed by atoms with E-state index in [0.717, 1.165) is 11.3 Å². The Morgan fingerprint density at radius 3 is 2.78 bits per heavy atom. The molecule has 0 saturated heterocycles. The van der Waals surface area contributed by atoms with Crippen molar-refractivity contribution in [3.8, 4) is 6.07 Å². The standard InChI is InChI=1S/C12H15N3O3/c1-8-6-9(15-18-3)4-5-10(8)12(16)14-11(7-13)17-2/h4-5,11H,6H2,1-3H3,(H,14,16). The molecule has 0 bridgehead atoms. The van der Waals surface area contributed by atoms with Crippen molar-refractivity contribution in [2.24, 2.45) is 5.16 Å². The Bertz CT molecular complexity index is 458. The molecule has 1 rings (SSSR count). The van der Waals surface area contributed by atoms with Crippen LogP contribution >= 0.6 is 0 Å². The van der Waals surface area contributed by atoms with Crippen LogP contribution in [-0.2, 0) is 14.4 Å². The summed E-state index contributed by atoms with van der Waals surface area (Å²) in [6.45, 7) is 1.83. The lowest BCUT2D eigenvalue weighted by Gasteiger charge is -2.15. The third-order valence-electron chi connectivity index (χ3n) is 2.42. The quantitative estimate of drug-likeness (QED) is 0.592. The van der Waals surface area contributed by atoms with Crippen molar-refractivity contribution < 1.29 is 14.4 Å². The van der Waals surface area contributed by atoms with E-state index in [1.807, 2.05) is 13.0 Å². The summed E-state index contributed by atoms with van der Waals surface area (Å²) in [5.74, 6) is -0.339. The van der Waals surface area contributed by atoms with E-state index in [2.05, 4.69) is 15.3 Å². The Morgan fingerprint density at radius 1 is 1.56 bits per heavy atom. The van der Waals surface area contributed by atoms with Crippen LogP contribution in [0.15, 0.2) is 28.5 Å². The minimum atomic E-state index is -0.944. The third kappa shape index (κ3) is 3.43. The first-order valence-electron chi connectivity index (χ1n) is 5.33. The van der Waals surface area contributed by atoms with E-state index < -0.39 is 6.23 Å². The minimum Gasteiger partial charge on any atom is -0.399 e. The van der Waals surface area contributed by atoms with E-state index in [4.69, 9.17) is 10.00 Å². The molecular weight excluding hydrogens is 234 g/mol. The number of carbonyl (C=O) groups is 1. The van der Waals surface area contributed by atoms with Crippen LogP contribution in [0.25, 0.3) is 0 Å². The van der Waals surface area contributed by atoms with Gasteiger partial charge in [0.1, 0.15) is 13.2 Å². The van der Waals surface area contributed by atoms with Crippen LogP contribution in [0, 0.1) is 11.3 Å². The largest absolute Gasteiger partial charge is 0.399 e. The van der Waals surface area contributed by atoms with Gasteiger partial charge in [-0.2, -0.15) is 5.26 Å². The molecule has 0 aromatic carbocycles. The number of oxime groups is 1. The molecule has 0 heterocycles. The molecule has 6 nitrogen and oxygen atoms in total. The molecule has 1 amide bonds. The Morgan fingerprint density at radius 2 is 2.28 bits per heavy atom. The second kappa shape index (κ2) is 6.57. The number of hydrogen-bond donors (Lipinski definition) is 1. The van der Waals surface area contributed by atoms with Gasteiger partial charge in [-0.3, -0.25) is 4.79 Å². The number of amides is 1. The molecule has 96 valence electrons. The zero-order chi connectivity index (χ0) is 13.5. The SMILES string of the molecule is CON=C1C=CC(C(=O)NC(C#N)OC)=C(C)C1. The number of nitriles is 1. The van der Waals surface area contributed by atoms with Gasteiger partial charge in [-0.1, -0.05) is 10.7 Å². The van der Waals surface area contributed by atoms with E-state index >= 15 is 0 Å². The van der Waals surface area contributed by atoms with Crippen molar-refractivity contribution in [3.05, 3.63) is 23.3 Å². The van der Waals surface area contributed by atoms with Gasteiger partial charge in [-0.05, 0) is 19.1 Å². The summed E-state index contributed by atoms with van der Waals surface area (Å²) in [5.41, 5.74) is 2.12. The van der Waals surface area contributed by atoms with Gasteiger partial charge in [0.25, 0.3) is 5.91 Å². The normalized spacial score (nSPS) is 18.4. The number of rotatable bonds is 4. The maximum absolute atomic E-state index is 11.9. The summed E-state index contributed by atoms with van der Waals surface area (Å²) >= 11 is 0. The van der Waals surface area contributed by atoms with Crippen LogP contribution in [0.4, 0.5) is 0 Å². The maximum atomic E-state index is 11.9. The first-order chi connectivity index (χ1) is 8.62. The summed E-state index contributed by atoms with van der Waals surface area (Å²) in [6.07, 6.45) is 2.95. The van der Waals surface area contributed by atoms with E-state index in [0.29, 0.717) is 12.0 Å². The predicted octanol–water partition coefficient (Wildman–Crippen LogP) is 0.877. The van der Waals surface area contributed by atoms with Crippen LogP contribution < -0.4 is 5.32 Å². The molecule has 18 heavy (non-hydrogen) atoms. The molecule has 0 aromatic rings. The number of nitrogens with one attached hydrogen (secondary N) is 1. The fourth-order valence-electron chi connectivity index (χ4n) is 1.54. The zero-order valence-corrected chi connectivity index (χ0v) is 10.6. The molecule has 0 radical (unpaired) electrons. The van der Waals surface area contributed by atoms with Crippen molar-refractivity contribution in [3.63, 3.8) is 0 Å². The first kappa shape index (κ1) is 13.9. The summed E-state index contributed by atoms with van der Waals surface area (Å²) in [7, 11) is 2.83. The Hall–Kier alpha value is -2.13. The topological polar surface area (TPSA) is 83.7 Å². The molecule has 1 atom stereocenters. The van der Waals surface area contributed by atoms with Crippen LogP contribution in [0.2, 0.25) is 0 Å². The Balaban J connectivity index is 2.77. The van der Waals surface area contributed by atoms with Gasteiger partial charge in [-0.25, -0.2) is 0 Å². The van der Waals surface area contributed by atoms with E-state index in [-0.39, 0.29) is 5.91 Å². The second-order valence-electron chi connectivity index (χ2n) is 3.69. The van der Waals surface area contributed by atoms with E-state index in [1.54, 1.807) is 12.2 Å². The summed E-state index contributed by atoms with van der Waals surface area (Å²) < 4.78 is 4.77. The molecule has 0 aromatic heterocycles. The highest BCUT2D eigenvalue weighted by Gasteiger charge is 2.18. The van der Waals surface area contributed by atoms with Gasteiger partial charge in [-0.15, -0.1) is 0 Å². The van der Waals surface area contributed by atoms with Crippen molar-refractivity contribution in [2.75, 3.05) is 14.2 Å². The Kier molecular flexibility index (Phi) is 5.08. The highest BCUT2D eigenvalue weighted by molar-refractivity contribution is 6.05. The molecule has 1 aliphatic carbocycles. The smallest absolute Gasteiger partial charge is 0.254 e. The average molecular weight is 249 g/mol. The lowest BCUT2D eigenvalue weighted by atomic mass is 9.97. The molecule has 0 spiro atoms. The van der Waals surface area contributed by atoms with Gasteiger partial charge in [0, 0.05) is 19.1 Å². The zero-order valence-electron chi connectivity index (χ0n) is 10.6. The molecule has 0 fully saturated rings. The average Bonchev–Trinajstić information content (AvgIpc) is 2.36. The number of hydrogen-bond acceptors (Lipinski definition) is 5. The molecule has 1 unspecified atom stereocenters. The van der Waals surface area contributed by atoms with E-state index in [1.165, 1.54) is 14.2 Å². The molecule has 1 N–H and O–H groups in total. The van der Waals surface area contributed by atoms with Crippen molar-refractivity contribution in [1.29, 1.82) is 5.26 Å². The monoisotopic (exact) mass is 249 g/mol. The van der Waals surface area contributed by atoms with Gasteiger partial charge in [0.15, 0.2) is 0 Å². The van der Waals surface area contributed by atoms with Gasteiger partial charge >= 0.3 is 0 Å². The maximum Gasteiger partial charge on any atom is 0.254 e. The molecular formula is C12H15N3O3. The number of ether oxygens (including phenoxy) is 1. The van der Waals surface area contributed by atoms with Crippen molar-refractivity contribution in [1.82, 2.24) is 5.32 Å². The highest BCUT2D eigenvalue weighted by atomic mass is 16.6. The van der Waals surface area contributed by atoms with Crippen LogP contribution in [0.5, 0.6) is 0 Å². The number of methoxy groups -OCH3 is 1. The van der Waals surface area contributed by atoms with Crippen LogP contribution in [0.1, 0.15) is 13.3 Å². The second-order valence-corrected chi connectivity index (χ2v) is 3.69.